The second-order valence-electron chi connectivity index (χ2n) is 6.28. The second-order valence-corrected chi connectivity index (χ2v) is 6.28. The maximum absolute atomic E-state index is 12.5. The minimum atomic E-state index is -0.986. The highest BCUT2D eigenvalue weighted by Crippen LogP contribution is 2.20. The van der Waals surface area contributed by atoms with Gasteiger partial charge >= 0.3 is 5.97 Å². The summed E-state index contributed by atoms with van der Waals surface area (Å²) in [6, 6.07) is 7.28. The number of esters is 1. The van der Waals surface area contributed by atoms with E-state index in [-0.39, 0.29) is 23.9 Å². The lowest BCUT2D eigenvalue weighted by atomic mass is 10.0. The molecule has 2 rings (SSSR count). The van der Waals surface area contributed by atoms with Crippen LogP contribution in [0.3, 0.4) is 0 Å². The molecule has 0 aliphatic carbocycles. The Morgan fingerprint density at radius 1 is 1.15 bits per heavy atom. The fourth-order valence-electron chi connectivity index (χ4n) is 2.86. The van der Waals surface area contributed by atoms with Crippen molar-refractivity contribution in [1.29, 1.82) is 0 Å². The third-order valence-electron chi connectivity index (χ3n) is 4.06. The first kappa shape index (κ1) is 19.4. The molecule has 0 saturated heterocycles. The molecule has 1 atom stereocenters. The van der Waals surface area contributed by atoms with Crippen molar-refractivity contribution in [1.82, 2.24) is 4.98 Å². The van der Waals surface area contributed by atoms with E-state index in [1.54, 1.807) is 26.0 Å². The number of aryl methyl sites for hydroxylation is 2. The highest BCUT2D eigenvalue weighted by Gasteiger charge is 2.26. The Hall–Kier alpha value is -2.89. The van der Waals surface area contributed by atoms with Gasteiger partial charge in [0.25, 0.3) is 0 Å². The van der Waals surface area contributed by atoms with E-state index < -0.39 is 12.1 Å². The first-order valence-corrected chi connectivity index (χ1v) is 8.34. The number of Topliss-reactive ketones (excluding diaryl/α,β-unsaturated/α-hetero) is 2. The van der Waals surface area contributed by atoms with Gasteiger partial charge < -0.3 is 14.5 Å². The van der Waals surface area contributed by atoms with Crippen molar-refractivity contribution in [3.8, 4) is 5.75 Å². The number of benzene rings is 1. The molecule has 0 amide bonds. The first-order chi connectivity index (χ1) is 12.2. The number of carbonyl (C=O) groups is 3. The Morgan fingerprint density at radius 3 is 2.42 bits per heavy atom. The van der Waals surface area contributed by atoms with E-state index in [0.717, 1.165) is 5.56 Å². The third-order valence-corrected chi connectivity index (χ3v) is 4.06. The molecule has 26 heavy (non-hydrogen) atoms. The van der Waals surface area contributed by atoms with Crippen LogP contribution in [0, 0.1) is 20.8 Å². The van der Waals surface area contributed by atoms with Crippen molar-refractivity contribution in [2.75, 3.05) is 6.61 Å². The van der Waals surface area contributed by atoms with E-state index in [1.165, 1.54) is 13.8 Å². The third kappa shape index (κ3) is 4.39. The summed E-state index contributed by atoms with van der Waals surface area (Å²) >= 11 is 0. The zero-order chi connectivity index (χ0) is 19.4. The predicted octanol–water partition coefficient (Wildman–Crippen LogP) is 3.34. The van der Waals surface area contributed by atoms with Gasteiger partial charge in [-0.05, 0) is 57.9 Å². The molecule has 0 aliphatic heterocycles. The Bertz CT molecular complexity index is 850. The number of rotatable bonds is 7. The predicted molar refractivity (Wildman–Crippen MR) is 96.8 cm³/mol. The fourth-order valence-corrected chi connectivity index (χ4v) is 2.86. The molecule has 2 aromatic rings. The number of ketones is 2. The molecule has 6 heteroatoms. The van der Waals surface area contributed by atoms with Gasteiger partial charge in [0.1, 0.15) is 5.75 Å². The highest BCUT2D eigenvalue weighted by molar-refractivity contribution is 6.05. The van der Waals surface area contributed by atoms with E-state index >= 15 is 0 Å². The van der Waals surface area contributed by atoms with Gasteiger partial charge in [0.05, 0.1) is 5.69 Å². The number of aromatic amines is 1. The van der Waals surface area contributed by atoms with Crippen LogP contribution < -0.4 is 4.74 Å². The van der Waals surface area contributed by atoms with Crippen molar-refractivity contribution >= 4 is 17.5 Å². The van der Waals surface area contributed by atoms with Crippen LogP contribution in [0.2, 0.25) is 0 Å². The normalized spacial score (nSPS) is 11.7. The van der Waals surface area contributed by atoms with Gasteiger partial charge in [-0.25, -0.2) is 4.79 Å². The van der Waals surface area contributed by atoms with Crippen LogP contribution >= 0.6 is 0 Å². The van der Waals surface area contributed by atoms with Crippen LogP contribution in [0.25, 0.3) is 0 Å². The fraction of sp³-hybridized carbons (Fsp3) is 0.350. The lowest BCUT2D eigenvalue weighted by Gasteiger charge is -2.13. The summed E-state index contributed by atoms with van der Waals surface area (Å²) < 4.78 is 10.5. The largest absolute Gasteiger partial charge is 0.482 e. The van der Waals surface area contributed by atoms with E-state index in [0.29, 0.717) is 22.6 Å². The van der Waals surface area contributed by atoms with Crippen molar-refractivity contribution in [3.05, 3.63) is 52.3 Å². The highest BCUT2D eigenvalue weighted by atomic mass is 16.6. The Morgan fingerprint density at radius 2 is 1.85 bits per heavy atom. The van der Waals surface area contributed by atoms with Gasteiger partial charge in [-0.15, -0.1) is 0 Å². The molecule has 1 aromatic carbocycles. The monoisotopic (exact) mass is 357 g/mol. The average molecular weight is 357 g/mol. The average Bonchev–Trinajstić information content (AvgIpc) is 2.86. The minimum absolute atomic E-state index is 0.119. The van der Waals surface area contributed by atoms with Crippen LogP contribution in [0.15, 0.2) is 24.3 Å². The van der Waals surface area contributed by atoms with E-state index in [9.17, 15) is 14.4 Å². The molecule has 0 unspecified atom stereocenters. The molecule has 0 saturated carbocycles. The summed E-state index contributed by atoms with van der Waals surface area (Å²) in [4.78, 5) is 39.1. The summed E-state index contributed by atoms with van der Waals surface area (Å²) in [6.45, 7) is 8.00. The molecule has 0 radical (unpaired) electrons. The minimum Gasteiger partial charge on any atom is -0.482 e. The van der Waals surface area contributed by atoms with Gasteiger partial charge in [0.2, 0.25) is 5.78 Å². The maximum atomic E-state index is 12.5. The lowest BCUT2D eigenvalue weighted by Crippen LogP contribution is -2.28. The first-order valence-electron chi connectivity index (χ1n) is 8.34. The van der Waals surface area contributed by atoms with Crippen molar-refractivity contribution in [2.45, 2.75) is 40.7 Å². The second kappa shape index (κ2) is 7.99. The molecule has 1 aromatic heterocycles. The zero-order valence-corrected chi connectivity index (χ0v) is 15.6. The van der Waals surface area contributed by atoms with E-state index in [2.05, 4.69) is 4.98 Å². The smallest absolute Gasteiger partial charge is 0.344 e. The van der Waals surface area contributed by atoms with Crippen LogP contribution in [0.5, 0.6) is 5.75 Å². The van der Waals surface area contributed by atoms with Crippen LogP contribution in [0.1, 0.15) is 51.5 Å². The van der Waals surface area contributed by atoms with Crippen molar-refractivity contribution in [3.63, 3.8) is 0 Å². The molecule has 0 aliphatic rings. The standard InChI is InChI=1S/C20H23NO5/c1-11-7-6-8-16(9-11)25-10-17(23)26-15(5)20(24)19-12(2)18(14(4)22)13(3)21-19/h6-9,15,21H,10H2,1-5H3/t15-/m1/s1. The van der Waals surface area contributed by atoms with Crippen LogP contribution in [0.4, 0.5) is 0 Å². The summed E-state index contributed by atoms with van der Waals surface area (Å²) in [5.74, 6) is -0.587. The van der Waals surface area contributed by atoms with Crippen molar-refractivity contribution < 1.29 is 23.9 Å². The SMILES string of the molecule is CC(=O)c1c(C)[nH]c(C(=O)[C@@H](C)OC(=O)COc2cccc(C)c2)c1C. The Labute approximate surface area is 152 Å². The van der Waals surface area contributed by atoms with Gasteiger partial charge in [-0.2, -0.15) is 0 Å². The van der Waals surface area contributed by atoms with Crippen LogP contribution in [-0.2, 0) is 9.53 Å². The number of ether oxygens (including phenoxy) is 2. The molecule has 0 fully saturated rings. The number of hydrogen-bond donors (Lipinski definition) is 1. The Kier molecular flexibility index (Phi) is 5.97. The topological polar surface area (TPSA) is 85.5 Å². The lowest BCUT2D eigenvalue weighted by molar-refractivity contribution is -0.148. The molecule has 0 bridgehead atoms. The number of carbonyl (C=O) groups excluding carboxylic acids is 3. The zero-order valence-electron chi connectivity index (χ0n) is 15.6. The van der Waals surface area contributed by atoms with E-state index in [4.69, 9.17) is 9.47 Å². The van der Waals surface area contributed by atoms with Gasteiger partial charge in [0.15, 0.2) is 18.5 Å². The quantitative estimate of drug-likeness (QED) is 0.607. The Balaban J connectivity index is 1.99. The number of nitrogens with one attached hydrogen (secondary N) is 1. The summed E-state index contributed by atoms with van der Waals surface area (Å²) in [5, 5.41) is 0. The van der Waals surface area contributed by atoms with Gasteiger partial charge in [-0.1, -0.05) is 12.1 Å². The maximum Gasteiger partial charge on any atom is 0.344 e. The number of aromatic nitrogens is 1. The molecular formula is C20H23NO5. The van der Waals surface area contributed by atoms with Crippen molar-refractivity contribution in [2.24, 2.45) is 0 Å². The molecule has 1 N–H and O–H groups in total. The molecule has 138 valence electrons. The number of H-pyrrole nitrogens is 1. The molecular weight excluding hydrogens is 334 g/mol. The summed E-state index contributed by atoms with van der Waals surface area (Å²) in [6.07, 6.45) is -0.986. The summed E-state index contributed by atoms with van der Waals surface area (Å²) in [5.41, 5.74) is 2.99. The van der Waals surface area contributed by atoms with E-state index in [1.807, 2.05) is 19.1 Å². The van der Waals surface area contributed by atoms with Gasteiger partial charge in [0, 0.05) is 11.3 Å². The molecule has 6 nitrogen and oxygen atoms in total. The van der Waals surface area contributed by atoms with Gasteiger partial charge in [-0.3, -0.25) is 9.59 Å². The number of hydrogen-bond acceptors (Lipinski definition) is 5. The molecule has 0 spiro atoms. The molecule has 1 heterocycles. The summed E-state index contributed by atoms with van der Waals surface area (Å²) in [7, 11) is 0. The van der Waals surface area contributed by atoms with Crippen LogP contribution in [-0.4, -0.2) is 35.2 Å².